The van der Waals surface area contributed by atoms with Crippen molar-refractivity contribution in [2.24, 2.45) is 0 Å². The fourth-order valence-electron chi connectivity index (χ4n) is 1.43. The Morgan fingerprint density at radius 3 is 2.75 bits per heavy atom. The van der Waals surface area contributed by atoms with Gasteiger partial charge in [0.1, 0.15) is 11.4 Å². The summed E-state index contributed by atoms with van der Waals surface area (Å²) in [5, 5.41) is 10.1. The Balaban J connectivity index is 2.63. The van der Waals surface area contributed by atoms with Crippen molar-refractivity contribution in [1.29, 1.82) is 0 Å². The normalized spacial score (nSPS) is 10.4. The molecule has 0 aliphatic rings. The summed E-state index contributed by atoms with van der Waals surface area (Å²) in [5.74, 6) is -0.510. The molecule has 0 aliphatic heterocycles. The maximum atomic E-state index is 13.8. The summed E-state index contributed by atoms with van der Waals surface area (Å²) in [6, 6.07) is 6.06. The van der Waals surface area contributed by atoms with Crippen molar-refractivity contribution in [3.05, 3.63) is 46.9 Å². The third kappa shape index (κ3) is 1.86. The van der Waals surface area contributed by atoms with Gasteiger partial charge in [0.25, 0.3) is 0 Å². The molecule has 0 spiro atoms. The molecular formula is C12H9ClFNO. The van der Waals surface area contributed by atoms with Gasteiger partial charge in [0, 0.05) is 16.8 Å². The molecule has 0 radical (unpaired) electrons. The Morgan fingerprint density at radius 2 is 2.06 bits per heavy atom. The minimum Gasteiger partial charge on any atom is -0.507 e. The van der Waals surface area contributed by atoms with Crippen molar-refractivity contribution >= 4 is 11.6 Å². The smallest absolute Gasteiger partial charge is 0.152 e. The fourth-order valence-corrected chi connectivity index (χ4v) is 1.60. The molecule has 1 heterocycles. The van der Waals surface area contributed by atoms with Crippen LogP contribution in [-0.2, 0) is 0 Å². The molecule has 0 atom stereocenters. The summed E-state index contributed by atoms with van der Waals surface area (Å²) >= 11 is 5.70. The van der Waals surface area contributed by atoms with Crippen LogP contribution in [0.2, 0.25) is 5.02 Å². The van der Waals surface area contributed by atoms with Crippen LogP contribution in [0.1, 0.15) is 5.56 Å². The van der Waals surface area contributed by atoms with E-state index >= 15 is 0 Å². The number of phenols is 1. The average Bonchev–Trinajstić information content (AvgIpc) is 2.23. The Morgan fingerprint density at radius 1 is 1.31 bits per heavy atom. The molecule has 0 bridgehead atoms. The first-order valence-corrected chi connectivity index (χ1v) is 5.07. The second kappa shape index (κ2) is 4.10. The van der Waals surface area contributed by atoms with Crippen LogP contribution >= 0.6 is 11.6 Å². The summed E-state index contributed by atoms with van der Waals surface area (Å²) in [5.41, 5.74) is 0.958. The van der Waals surface area contributed by atoms with E-state index < -0.39 is 5.82 Å². The molecule has 2 nitrogen and oxygen atoms in total. The van der Waals surface area contributed by atoms with Crippen LogP contribution in [0, 0.1) is 12.7 Å². The zero-order valence-corrected chi connectivity index (χ0v) is 9.29. The van der Waals surface area contributed by atoms with Crippen molar-refractivity contribution in [2.45, 2.75) is 6.92 Å². The van der Waals surface area contributed by atoms with Gasteiger partial charge in [-0.3, -0.25) is 4.98 Å². The number of hydrogen-bond donors (Lipinski definition) is 1. The number of pyridine rings is 1. The van der Waals surface area contributed by atoms with E-state index in [1.807, 2.05) is 0 Å². The first kappa shape index (κ1) is 10.9. The average molecular weight is 238 g/mol. The van der Waals surface area contributed by atoms with Gasteiger partial charge in [-0.05, 0) is 36.8 Å². The Bertz CT molecular complexity index is 543. The highest BCUT2D eigenvalue weighted by atomic mass is 35.5. The number of nitrogens with zero attached hydrogens (tertiary/aromatic N) is 1. The zero-order chi connectivity index (χ0) is 11.7. The third-order valence-electron chi connectivity index (χ3n) is 2.30. The molecule has 1 aromatic carbocycles. The predicted octanol–water partition coefficient (Wildman–Crippen LogP) is 3.56. The standard InChI is InChI=1S/C12H9ClFNO/c1-7-4-5-15-12(11(7)14)9-3-2-8(13)6-10(9)16/h2-6,16H,1H3. The minimum absolute atomic E-state index is 0.0792. The van der Waals surface area contributed by atoms with Crippen LogP contribution in [0.15, 0.2) is 30.5 Å². The van der Waals surface area contributed by atoms with Gasteiger partial charge in [-0.15, -0.1) is 0 Å². The highest BCUT2D eigenvalue weighted by Gasteiger charge is 2.12. The van der Waals surface area contributed by atoms with Crippen LogP contribution in [0.25, 0.3) is 11.3 Å². The van der Waals surface area contributed by atoms with Crippen molar-refractivity contribution in [2.75, 3.05) is 0 Å². The quantitative estimate of drug-likeness (QED) is 0.823. The summed E-state index contributed by atoms with van der Waals surface area (Å²) in [7, 11) is 0. The van der Waals surface area contributed by atoms with Crippen LogP contribution in [0.3, 0.4) is 0 Å². The molecule has 0 aliphatic carbocycles. The molecule has 0 amide bonds. The molecule has 82 valence electrons. The van der Waals surface area contributed by atoms with E-state index in [-0.39, 0.29) is 11.4 Å². The molecule has 2 aromatic rings. The van der Waals surface area contributed by atoms with Crippen molar-refractivity contribution in [3.8, 4) is 17.0 Å². The Hall–Kier alpha value is -1.61. The molecular weight excluding hydrogens is 229 g/mol. The first-order chi connectivity index (χ1) is 7.59. The maximum absolute atomic E-state index is 13.8. The van der Waals surface area contributed by atoms with E-state index in [1.54, 1.807) is 25.1 Å². The second-order valence-corrected chi connectivity index (χ2v) is 3.89. The summed E-state index contributed by atoms with van der Waals surface area (Å²) in [4.78, 5) is 3.92. The van der Waals surface area contributed by atoms with Gasteiger partial charge in [-0.1, -0.05) is 11.6 Å². The van der Waals surface area contributed by atoms with Gasteiger partial charge in [0.15, 0.2) is 5.82 Å². The van der Waals surface area contributed by atoms with E-state index in [9.17, 15) is 9.50 Å². The molecule has 0 saturated heterocycles. The summed E-state index contributed by atoms with van der Waals surface area (Å²) in [6.07, 6.45) is 1.50. The fraction of sp³-hybridized carbons (Fsp3) is 0.0833. The lowest BCUT2D eigenvalue weighted by atomic mass is 10.1. The SMILES string of the molecule is Cc1ccnc(-c2ccc(Cl)cc2O)c1F. The number of benzene rings is 1. The molecule has 0 saturated carbocycles. The Labute approximate surface area is 97.3 Å². The zero-order valence-electron chi connectivity index (χ0n) is 8.54. The molecule has 2 rings (SSSR count). The van der Waals surface area contributed by atoms with Gasteiger partial charge in [-0.25, -0.2) is 4.39 Å². The topological polar surface area (TPSA) is 33.1 Å². The van der Waals surface area contributed by atoms with Gasteiger partial charge >= 0.3 is 0 Å². The molecule has 16 heavy (non-hydrogen) atoms. The highest BCUT2D eigenvalue weighted by Crippen LogP contribution is 2.32. The van der Waals surface area contributed by atoms with Crippen molar-refractivity contribution in [1.82, 2.24) is 4.98 Å². The van der Waals surface area contributed by atoms with Gasteiger partial charge in [0.05, 0.1) is 0 Å². The van der Waals surface area contributed by atoms with Crippen LogP contribution in [0.4, 0.5) is 4.39 Å². The van der Waals surface area contributed by atoms with Crippen LogP contribution in [0.5, 0.6) is 5.75 Å². The number of aromatic nitrogens is 1. The monoisotopic (exact) mass is 237 g/mol. The Kier molecular flexibility index (Phi) is 2.79. The lowest BCUT2D eigenvalue weighted by Crippen LogP contribution is -1.92. The largest absolute Gasteiger partial charge is 0.507 e. The van der Waals surface area contributed by atoms with E-state index in [2.05, 4.69) is 4.98 Å². The minimum atomic E-state index is -0.430. The molecule has 1 N–H and O–H groups in total. The van der Waals surface area contributed by atoms with Gasteiger partial charge in [-0.2, -0.15) is 0 Å². The number of halogens is 2. The third-order valence-corrected chi connectivity index (χ3v) is 2.53. The predicted molar refractivity (Wildman–Crippen MR) is 61.0 cm³/mol. The first-order valence-electron chi connectivity index (χ1n) is 4.69. The molecule has 0 fully saturated rings. The molecule has 4 heteroatoms. The maximum Gasteiger partial charge on any atom is 0.152 e. The molecule has 0 unspecified atom stereocenters. The highest BCUT2D eigenvalue weighted by molar-refractivity contribution is 6.30. The van der Waals surface area contributed by atoms with E-state index in [0.717, 1.165) is 0 Å². The number of aryl methyl sites for hydroxylation is 1. The van der Waals surface area contributed by atoms with Crippen LogP contribution in [-0.4, -0.2) is 10.1 Å². The van der Waals surface area contributed by atoms with Crippen LogP contribution < -0.4 is 0 Å². The lowest BCUT2D eigenvalue weighted by Gasteiger charge is -2.06. The van der Waals surface area contributed by atoms with Gasteiger partial charge < -0.3 is 5.11 Å². The summed E-state index contributed by atoms with van der Waals surface area (Å²) in [6.45, 7) is 1.65. The summed E-state index contributed by atoms with van der Waals surface area (Å²) < 4.78 is 13.8. The van der Waals surface area contributed by atoms with E-state index in [4.69, 9.17) is 11.6 Å². The van der Waals surface area contributed by atoms with E-state index in [1.165, 1.54) is 12.3 Å². The van der Waals surface area contributed by atoms with E-state index in [0.29, 0.717) is 16.1 Å². The van der Waals surface area contributed by atoms with Gasteiger partial charge in [0.2, 0.25) is 0 Å². The second-order valence-electron chi connectivity index (χ2n) is 3.45. The number of rotatable bonds is 1. The van der Waals surface area contributed by atoms with Crippen molar-refractivity contribution in [3.63, 3.8) is 0 Å². The number of hydrogen-bond acceptors (Lipinski definition) is 2. The number of phenolic OH excluding ortho intramolecular Hbond substituents is 1. The lowest BCUT2D eigenvalue weighted by molar-refractivity contribution is 0.476. The van der Waals surface area contributed by atoms with Crippen molar-refractivity contribution < 1.29 is 9.50 Å². The number of aromatic hydroxyl groups is 1. The molecule has 1 aromatic heterocycles.